The Hall–Kier alpha value is -2.40. The van der Waals surface area contributed by atoms with Crippen LogP contribution in [0.5, 0.6) is 0 Å². The highest BCUT2D eigenvalue weighted by molar-refractivity contribution is 6.29. The molecule has 1 N–H and O–H groups in total. The van der Waals surface area contributed by atoms with Gasteiger partial charge in [0.05, 0.1) is 6.20 Å². The first-order valence-electron chi connectivity index (χ1n) is 6.05. The molecule has 0 spiro atoms. The van der Waals surface area contributed by atoms with Crippen LogP contribution in [0.3, 0.4) is 0 Å². The van der Waals surface area contributed by atoms with Crippen LogP contribution in [0.1, 0.15) is 16.1 Å². The highest BCUT2D eigenvalue weighted by Crippen LogP contribution is 2.07. The highest BCUT2D eigenvalue weighted by Gasteiger charge is 2.11. The van der Waals surface area contributed by atoms with Crippen molar-refractivity contribution in [1.82, 2.24) is 19.7 Å². The minimum absolute atomic E-state index is 0.182. The quantitative estimate of drug-likeness (QED) is 0.752. The molecular formula is C14H11ClN4O. The molecule has 0 aliphatic rings. The number of hydrogen-bond acceptors (Lipinski definition) is 3. The summed E-state index contributed by atoms with van der Waals surface area (Å²) in [5, 5.41) is 3.26. The predicted molar refractivity (Wildman–Crippen MR) is 75.6 cm³/mol. The van der Waals surface area contributed by atoms with Crippen LogP contribution in [0.25, 0.3) is 5.65 Å². The number of imidazole rings is 1. The van der Waals surface area contributed by atoms with Crippen molar-refractivity contribution in [3.63, 3.8) is 0 Å². The lowest BCUT2D eigenvalue weighted by Gasteiger charge is -2.05. The largest absolute Gasteiger partial charge is 0.347 e. The van der Waals surface area contributed by atoms with E-state index in [1.54, 1.807) is 29.1 Å². The third kappa shape index (κ3) is 2.48. The van der Waals surface area contributed by atoms with Crippen molar-refractivity contribution in [3.8, 4) is 0 Å². The number of rotatable bonds is 3. The van der Waals surface area contributed by atoms with Gasteiger partial charge in [0, 0.05) is 18.9 Å². The average Bonchev–Trinajstić information content (AvgIpc) is 2.90. The molecule has 0 unspecified atom stereocenters. The molecule has 3 heterocycles. The monoisotopic (exact) mass is 286 g/mol. The molecule has 1 amide bonds. The maximum Gasteiger partial charge on any atom is 0.270 e. The minimum Gasteiger partial charge on any atom is -0.347 e. The van der Waals surface area contributed by atoms with Gasteiger partial charge in [-0.3, -0.25) is 9.20 Å². The van der Waals surface area contributed by atoms with E-state index < -0.39 is 0 Å². The van der Waals surface area contributed by atoms with E-state index in [1.165, 1.54) is 0 Å². The molecule has 0 saturated carbocycles. The van der Waals surface area contributed by atoms with Crippen molar-refractivity contribution in [2.24, 2.45) is 0 Å². The van der Waals surface area contributed by atoms with Crippen molar-refractivity contribution in [2.75, 3.05) is 0 Å². The molecule has 3 aromatic rings. The number of nitrogens with zero attached hydrogens (tertiary/aromatic N) is 3. The smallest absolute Gasteiger partial charge is 0.270 e. The minimum atomic E-state index is -0.182. The third-order valence-electron chi connectivity index (χ3n) is 2.89. The molecule has 0 aliphatic carbocycles. The average molecular weight is 287 g/mol. The van der Waals surface area contributed by atoms with Crippen LogP contribution in [0.15, 0.2) is 48.9 Å². The van der Waals surface area contributed by atoms with E-state index in [0.717, 1.165) is 11.2 Å². The van der Waals surface area contributed by atoms with E-state index in [0.29, 0.717) is 17.4 Å². The van der Waals surface area contributed by atoms with E-state index >= 15 is 0 Å². The Morgan fingerprint density at radius 2 is 2.10 bits per heavy atom. The zero-order chi connectivity index (χ0) is 13.9. The number of fused-ring (bicyclic) bond motifs is 1. The van der Waals surface area contributed by atoms with Crippen molar-refractivity contribution in [1.29, 1.82) is 0 Å². The summed E-state index contributed by atoms with van der Waals surface area (Å²) in [6, 6.07) is 9.10. The Balaban J connectivity index is 1.75. The first-order chi connectivity index (χ1) is 9.74. The van der Waals surface area contributed by atoms with Gasteiger partial charge in [0.2, 0.25) is 0 Å². The van der Waals surface area contributed by atoms with Gasteiger partial charge >= 0.3 is 0 Å². The van der Waals surface area contributed by atoms with Crippen LogP contribution in [0.2, 0.25) is 5.15 Å². The third-order valence-corrected chi connectivity index (χ3v) is 3.11. The van der Waals surface area contributed by atoms with Crippen molar-refractivity contribution in [3.05, 3.63) is 65.3 Å². The molecular weight excluding hydrogens is 276 g/mol. The molecule has 20 heavy (non-hydrogen) atoms. The highest BCUT2D eigenvalue weighted by atomic mass is 35.5. The molecule has 0 atom stereocenters. The SMILES string of the molecule is O=C(NCc1ccc(Cl)nc1)c1cnc2ccccn12. The number of pyridine rings is 2. The van der Waals surface area contributed by atoms with Crippen LogP contribution in [0.4, 0.5) is 0 Å². The molecule has 0 aliphatic heterocycles. The molecule has 0 radical (unpaired) electrons. The van der Waals surface area contributed by atoms with Gasteiger partial charge in [-0.25, -0.2) is 9.97 Å². The summed E-state index contributed by atoms with van der Waals surface area (Å²) in [5.74, 6) is -0.182. The first-order valence-corrected chi connectivity index (χ1v) is 6.42. The molecule has 0 aromatic carbocycles. The molecule has 6 heteroatoms. The standard InChI is InChI=1S/C14H11ClN4O/c15-12-5-4-10(7-16-12)8-18-14(20)11-9-17-13-3-1-2-6-19(11)13/h1-7,9H,8H2,(H,18,20). The van der Waals surface area contributed by atoms with E-state index in [-0.39, 0.29) is 5.91 Å². The van der Waals surface area contributed by atoms with Crippen LogP contribution in [-0.2, 0) is 6.54 Å². The number of amides is 1. The van der Waals surface area contributed by atoms with E-state index in [1.807, 2.05) is 24.3 Å². The molecule has 0 saturated heterocycles. The second-order valence-electron chi connectivity index (χ2n) is 4.24. The van der Waals surface area contributed by atoms with Crippen LogP contribution in [0, 0.1) is 0 Å². The summed E-state index contributed by atoms with van der Waals surface area (Å²) < 4.78 is 1.75. The van der Waals surface area contributed by atoms with E-state index in [9.17, 15) is 4.79 Å². The van der Waals surface area contributed by atoms with E-state index in [2.05, 4.69) is 15.3 Å². The Kier molecular flexibility index (Phi) is 3.35. The molecule has 3 rings (SSSR count). The molecule has 0 bridgehead atoms. The zero-order valence-corrected chi connectivity index (χ0v) is 11.2. The van der Waals surface area contributed by atoms with Gasteiger partial charge < -0.3 is 5.32 Å². The first kappa shape index (κ1) is 12.6. The molecule has 100 valence electrons. The van der Waals surface area contributed by atoms with Crippen LogP contribution < -0.4 is 5.32 Å². The van der Waals surface area contributed by atoms with Gasteiger partial charge in [0.1, 0.15) is 16.5 Å². The van der Waals surface area contributed by atoms with Crippen molar-refractivity contribution in [2.45, 2.75) is 6.54 Å². The summed E-state index contributed by atoms with van der Waals surface area (Å²) in [4.78, 5) is 20.3. The van der Waals surface area contributed by atoms with Gasteiger partial charge in [-0.2, -0.15) is 0 Å². The summed E-state index contributed by atoms with van der Waals surface area (Å²) in [6.07, 6.45) is 5.00. The number of carbonyl (C=O) groups is 1. The molecule has 3 aromatic heterocycles. The fourth-order valence-electron chi connectivity index (χ4n) is 1.88. The number of aromatic nitrogens is 3. The maximum absolute atomic E-state index is 12.1. The van der Waals surface area contributed by atoms with Crippen molar-refractivity contribution >= 4 is 23.2 Å². The summed E-state index contributed by atoms with van der Waals surface area (Å²) in [7, 11) is 0. The van der Waals surface area contributed by atoms with Crippen LogP contribution in [-0.4, -0.2) is 20.3 Å². The second kappa shape index (κ2) is 5.30. The van der Waals surface area contributed by atoms with Gasteiger partial charge in [-0.1, -0.05) is 23.7 Å². The summed E-state index contributed by atoms with van der Waals surface area (Å²) >= 11 is 5.71. The van der Waals surface area contributed by atoms with E-state index in [4.69, 9.17) is 11.6 Å². The number of halogens is 1. The Morgan fingerprint density at radius 1 is 1.20 bits per heavy atom. The number of carbonyl (C=O) groups excluding carboxylic acids is 1. The Morgan fingerprint density at radius 3 is 2.90 bits per heavy atom. The Labute approximate surface area is 120 Å². The summed E-state index contributed by atoms with van der Waals surface area (Å²) in [5.41, 5.74) is 2.13. The molecule has 0 fully saturated rings. The number of hydrogen-bond donors (Lipinski definition) is 1. The van der Waals surface area contributed by atoms with Gasteiger partial charge in [-0.05, 0) is 23.8 Å². The van der Waals surface area contributed by atoms with Gasteiger partial charge in [0.25, 0.3) is 5.91 Å². The Bertz CT molecular complexity index is 751. The topological polar surface area (TPSA) is 59.3 Å². The second-order valence-corrected chi connectivity index (χ2v) is 4.63. The van der Waals surface area contributed by atoms with Crippen LogP contribution >= 0.6 is 11.6 Å². The maximum atomic E-state index is 12.1. The zero-order valence-electron chi connectivity index (χ0n) is 10.5. The normalized spacial score (nSPS) is 10.7. The summed E-state index contributed by atoms with van der Waals surface area (Å²) in [6.45, 7) is 0.392. The fourth-order valence-corrected chi connectivity index (χ4v) is 2.00. The van der Waals surface area contributed by atoms with Gasteiger partial charge in [-0.15, -0.1) is 0 Å². The lowest BCUT2D eigenvalue weighted by molar-refractivity contribution is 0.0945. The number of nitrogens with one attached hydrogen (secondary N) is 1. The van der Waals surface area contributed by atoms with Gasteiger partial charge in [0.15, 0.2) is 0 Å². The lowest BCUT2D eigenvalue weighted by atomic mass is 10.3. The molecule has 5 nitrogen and oxygen atoms in total. The predicted octanol–water partition coefficient (Wildman–Crippen LogP) is 2.31. The van der Waals surface area contributed by atoms with Crippen molar-refractivity contribution < 1.29 is 4.79 Å². The fraction of sp³-hybridized carbons (Fsp3) is 0.0714. The lowest BCUT2D eigenvalue weighted by Crippen LogP contribution is -2.24.